The molecule has 0 spiro atoms. The number of para-hydroxylation sites is 2. The number of benzene rings is 3. The first-order valence-electron chi connectivity index (χ1n) is 10.1. The fourth-order valence-corrected chi connectivity index (χ4v) is 3.29. The van der Waals surface area contributed by atoms with Gasteiger partial charge in [-0.2, -0.15) is 0 Å². The number of methoxy groups -OCH3 is 1. The Balaban J connectivity index is 1.83. The number of oxazole rings is 1. The zero-order chi connectivity index (χ0) is 21.8. The molecule has 1 aromatic heterocycles. The number of hydrogen-bond donors (Lipinski definition) is 0. The molecule has 0 N–H and O–H groups in total. The number of carbonyl (C=O) groups excluding carboxylic acids is 1. The van der Waals surface area contributed by atoms with Crippen molar-refractivity contribution in [2.24, 2.45) is 0 Å². The number of Topliss-reactive ketones (excluding diaryl/α,β-unsaturated/α-hetero) is 1. The number of aromatic nitrogens is 1. The van der Waals surface area contributed by atoms with Crippen molar-refractivity contribution in [2.45, 2.75) is 13.8 Å². The monoisotopic (exact) mass is 413 g/mol. The van der Waals surface area contributed by atoms with E-state index < -0.39 is 0 Å². The van der Waals surface area contributed by atoms with Crippen LogP contribution in [0.2, 0.25) is 0 Å². The van der Waals surface area contributed by atoms with E-state index in [1.54, 1.807) is 13.2 Å². The van der Waals surface area contributed by atoms with Crippen LogP contribution in [0.3, 0.4) is 0 Å². The van der Waals surface area contributed by atoms with Crippen molar-refractivity contribution in [3.8, 4) is 11.5 Å². The van der Waals surface area contributed by atoms with Crippen LogP contribution in [0.5, 0.6) is 11.5 Å². The molecule has 0 radical (unpaired) electrons. The van der Waals surface area contributed by atoms with Crippen LogP contribution in [-0.2, 0) is 0 Å². The van der Waals surface area contributed by atoms with Crippen LogP contribution >= 0.6 is 0 Å². The van der Waals surface area contributed by atoms with Crippen molar-refractivity contribution in [3.05, 3.63) is 89.3 Å². The third-order valence-electron chi connectivity index (χ3n) is 4.88. The molecular formula is C26H23NO4. The predicted octanol–water partition coefficient (Wildman–Crippen LogP) is 5.97. The highest BCUT2D eigenvalue weighted by Crippen LogP contribution is 2.31. The standard InChI is InChI=1S/C26H23NO4/c1-4-30-23-14-11-18(16-24(23)29-3)15-20(25(28)19-12-9-17(2)10-13-19)26-27-21-7-5-6-8-22(21)31-26/h5-16H,4H2,1-3H3. The van der Waals surface area contributed by atoms with Crippen LogP contribution in [0.4, 0.5) is 0 Å². The fourth-order valence-electron chi connectivity index (χ4n) is 3.29. The van der Waals surface area contributed by atoms with Gasteiger partial charge in [-0.25, -0.2) is 4.98 Å². The van der Waals surface area contributed by atoms with Gasteiger partial charge in [-0.1, -0.05) is 48.0 Å². The maximum Gasteiger partial charge on any atom is 0.231 e. The van der Waals surface area contributed by atoms with Crippen LogP contribution < -0.4 is 9.47 Å². The summed E-state index contributed by atoms with van der Waals surface area (Å²) in [5, 5.41) is 0. The summed E-state index contributed by atoms with van der Waals surface area (Å²) in [6.45, 7) is 4.43. The smallest absolute Gasteiger partial charge is 0.231 e. The second-order valence-corrected chi connectivity index (χ2v) is 7.08. The van der Waals surface area contributed by atoms with Crippen LogP contribution in [0.25, 0.3) is 22.7 Å². The van der Waals surface area contributed by atoms with Crippen molar-refractivity contribution in [1.82, 2.24) is 4.98 Å². The Bertz CT molecular complexity index is 1220. The van der Waals surface area contributed by atoms with Crippen molar-refractivity contribution >= 4 is 28.5 Å². The number of allylic oxidation sites excluding steroid dienone is 1. The first kappa shape index (κ1) is 20.4. The first-order chi connectivity index (χ1) is 15.1. The van der Waals surface area contributed by atoms with E-state index in [2.05, 4.69) is 4.98 Å². The summed E-state index contributed by atoms with van der Waals surface area (Å²) in [6.07, 6.45) is 1.77. The lowest BCUT2D eigenvalue weighted by Gasteiger charge is -2.10. The maximum atomic E-state index is 13.4. The molecule has 5 nitrogen and oxygen atoms in total. The lowest BCUT2D eigenvalue weighted by atomic mass is 9.99. The van der Waals surface area contributed by atoms with E-state index >= 15 is 0 Å². The van der Waals surface area contributed by atoms with Crippen LogP contribution in [0.1, 0.15) is 34.3 Å². The van der Waals surface area contributed by atoms with Gasteiger partial charge in [-0.15, -0.1) is 0 Å². The Morgan fingerprint density at radius 3 is 2.52 bits per heavy atom. The van der Waals surface area contributed by atoms with Gasteiger partial charge in [0, 0.05) is 5.56 Å². The van der Waals surface area contributed by atoms with Crippen molar-refractivity contribution in [1.29, 1.82) is 0 Å². The lowest BCUT2D eigenvalue weighted by Crippen LogP contribution is -2.03. The number of hydrogen-bond acceptors (Lipinski definition) is 5. The number of rotatable bonds is 7. The zero-order valence-corrected chi connectivity index (χ0v) is 17.7. The molecule has 0 saturated carbocycles. The number of aryl methyl sites for hydroxylation is 1. The Morgan fingerprint density at radius 2 is 1.81 bits per heavy atom. The van der Waals surface area contributed by atoms with E-state index in [9.17, 15) is 4.79 Å². The molecule has 31 heavy (non-hydrogen) atoms. The van der Waals surface area contributed by atoms with Gasteiger partial charge in [0.2, 0.25) is 5.89 Å². The largest absolute Gasteiger partial charge is 0.493 e. The van der Waals surface area contributed by atoms with E-state index in [-0.39, 0.29) is 11.7 Å². The minimum Gasteiger partial charge on any atom is -0.493 e. The van der Waals surface area contributed by atoms with E-state index in [1.165, 1.54) is 0 Å². The van der Waals surface area contributed by atoms with Crippen molar-refractivity contribution in [3.63, 3.8) is 0 Å². The quantitative estimate of drug-likeness (QED) is 0.276. The first-order valence-corrected chi connectivity index (χ1v) is 10.1. The third-order valence-corrected chi connectivity index (χ3v) is 4.88. The van der Waals surface area contributed by atoms with E-state index in [0.29, 0.717) is 40.3 Å². The molecule has 0 bridgehead atoms. The zero-order valence-electron chi connectivity index (χ0n) is 17.7. The number of ketones is 1. The molecule has 0 amide bonds. The number of ether oxygens (including phenoxy) is 2. The topological polar surface area (TPSA) is 61.6 Å². The summed E-state index contributed by atoms with van der Waals surface area (Å²) in [5.41, 5.74) is 4.12. The number of nitrogens with zero attached hydrogens (tertiary/aromatic N) is 1. The summed E-state index contributed by atoms with van der Waals surface area (Å²) in [4.78, 5) is 18.0. The number of carbonyl (C=O) groups is 1. The summed E-state index contributed by atoms with van der Waals surface area (Å²) in [7, 11) is 1.59. The Kier molecular flexibility index (Phi) is 5.85. The fraction of sp³-hybridized carbons (Fsp3) is 0.154. The summed E-state index contributed by atoms with van der Waals surface area (Å²) >= 11 is 0. The molecule has 4 rings (SSSR count). The van der Waals surface area contributed by atoms with Gasteiger partial charge in [-0.05, 0) is 49.8 Å². The molecule has 0 aliphatic rings. The summed E-state index contributed by atoms with van der Waals surface area (Å²) in [6, 6.07) is 20.4. The van der Waals surface area contributed by atoms with Gasteiger partial charge >= 0.3 is 0 Å². The molecule has 5 heteroatoms. The molecule has 4 aromatic rings. The second-order valence-electron chi connectivity index (χ2n) is 7.08. The van der Waals surface area contributed by atoms with Crippen LogP contribution in [0, 0.1) is 6.92 Å². The van der Waals surface area contributed by atoms with Crippen LogP contribution in [-0.4, -0.2) is 24.5 Å². The molecule has 0 unspecified atom stereocenters. The molecule has 0 saturated heterocycles. The van der Waals surface area contributed by atoms with Gasteiger partial charge in [-0.3, -0.25) is 4.79 Å². The predicted molar refractivity (Wildman–Crippen MR) is 122 cm³/mol. The molecule has 0 aliphatic carbocycles. The van der Waals surface area contributed by atoms with Crippen molar-refractivity contribution < 1.29 is 18.7 Å². The average molecular weight is 413 g/mol. The van der Waals surface area contributed by atoms with Crippen molar-refractivity contribution in [2.75, 3.05) is 13.7 Å². The Hall–Kier alpha value is -3.86. The van der Waals surface area contributed by atoms with Gasteiger partial charge in [0.25, 0.3) is 0 Å². The molecule has 3 aromatic carbocycles. The average Bonchev–Trinajstić information content (AvgIpc) is 3.22. The molecular weight excluding hydrogens is 390 g/mol. The van der Waals surface area contributed by atoms with Gasteiger partial charge in [0.15, 0.2) is 22.9 Å². The van der Waals surface area contributed by atoms with Gasteiger partial charge in [0.1, 0.15) is 5.52 Å². The second kappa shape index (κ2) is 8.88. The normalized spacial score (nSPS) is 11.5. The molecule has 156 valence electrons. The van der Waals surface area contributed by atoms with Gasteiger partial charge < -0.3 is 13.9 Å². The molecule has 0 aliphatic heterocycles. The van der Waals surface area contributed by atoms with E-state index in [0.717, 1.165) is 11.1 Å². The minimum absolute atomic E-state index is 0.167. The van der Waals surface area contributed by atoms with E-state index in [1.807, 2.05) is 80.6 Å². The lowest BCUT2D eigenvalue weighted by molar-refractivity contribution is 0.105. The van der Waals surface area contributed by atoms with Gasteiger partial charge in [0.05, 0.1) is 19.3 Å². The third kappa shape index (κ3) is 4.36. The molecule has 0 fully saturated rings. The highest BCUT2D eigenvalue weighted by molar-refractivity contribution is 6.31. The Labute approximate surface area is 180 Å². The summed E-state index contributed by atoms with van der Waals surface area (Å²) < 4.78 is 17.0. The highest BCUT2D eigenvalue weighted by Gasteiger charge is 2.20. The number of fused-ring (bicyclic) bond motifs is 1. The summed E-state index contributed by atoms with van der Waals surface area (Å²) in [5.74, 6) is 1.35. The van der Waals surface area contributed by atoms with Crippen LogP contribution in [0.15, 0.2) is 71.1 Å². The highest BCUT2D eigenvalue weighted by atomic mass is 16.5. The SMILES string of the molecule is CCOc1ccc(C=C(C(=O)c2ccc(C)cc2)c2nc3ccccc3o2)cc1OC. The Morgan fingerprint density at radius 1 is 1.03 bits per heavy atom. The maximum absolute atomic E-state index is 13.4. The minimum atomic E-state index is -0.167. The molecule has 0 atom stereocenters. The van der Waals surface area contributed by atoms with E-state index in [4.69, 9.17) is 13.9 Å². The molecule has 1 heterocycles.